The Labute approximate surface area is 219 Å². The van der Waals surface area contributed by atoms with Gasteiger partial charge in [0, 0.05) is 22.9 Å². The van der Waals surface area contributed by atoms with Crippen molar-refractivity contribution in [1.29, 1.82) is 0 Å². The molecule has 3 heterocycles. The van der Waals surface area contributed by atoms with Gasteiger partial charge in [-0.25, -0.2) is 19.2 Å². The molecule has 3 aromatic heterocycles. The number of carbonyl (C=O) groups excluding carboxylic acids is 1. The summed E-state index contributed by atoms with van der Waals surface area (Å²) >= 11 is 6.08. The Balaban J connectivity index is 1.82. The molecule has 7 nitrogen and oxygen atoms in total. The summed E-state index contributed by atoms with van der Waals surface area (Å²) in [6.45, 7) is 10.8. The number of rotatable bonds is 5. The van der Waals surface area contributed by atoms with E-state index in [2.05, 4.69) is 10.3 Å². The van der Waals surface area contributed by atoms with Crippen molar-refractivity contribution in [3.05, 3.63) is 92.4 Å². The van der Waals surface area contributed by atoms with Gasteiger partial charge in [0.2, 0.25) is 0 Å². The fourth-order valence-electron chi connectivity index (χ4n) is 4.05. The second kappa shape index (κ2) is 9.94. The molecule has 0 saturated heterocycles. The van der Waals surface area contributed by atoms with Crippen LogP contribution in [0.1, 0.15) is 60.9 Å². The molecule has 0 bridgehead atoms. The van der Waals surface area contributed by atoms with Crippen molar-refractivity contribution < 1.29 is 13.9 Å². The highest BCUT2D eigenvalue weighted by Gasteiger charge is 2.24. The second-order valence-corrected chi connectivity index (χ2v) is 10.3. The second-order valence-electron chi connectivity index (χ2n) is 9.96. The van der Waals surface area contributed by atoms with Crippen LogP contribution in [-0.4, -0.2) is 25.9 Å². The molecule has 9 heteroatoms. The van der Waals surface area contributed by atoms with Crippen LogP contribution in [0.15, 0.2) is 53.5 Å². The maximum absolute atomic E-state index is 13.5. The van der Waals surface area contributed by atoms with Crippen LogP contribution in [0.4, 0.5) is 10.1 Å². The first-order valence-corrected chi connectivity index (χ1v) is 12.2. The zero-order chi connectivity index (χ0) is 27.1. The van der Waals surface area contributed by atoms with Crippen molar-refractivity contribution >= 4 is 28.9 Å². The van der Waals surface area contributed by atoms with Crippen LogP contribution in [0.5, 0.6) is 0 Å². The quantitative estimate of drug-likeness (QED) is 0.245. The number of fused-ring (bicyclic) bond motifs is 1. The Morgan fingerprint density at radius 3 is 2.43 bits per heavy atom. The maximum Gasteiger partial charge on any atom is 0.359 e. The van der Waals surface area contributed by atoms with E-state index in [4.69, 9.17) is 21.3 Å². The summed E-state index contributed by atoms with van der Waals surface area (Å²) in [5, 5.41) is 3.47. The van der Waals surface area contributed by atoms with Gasteiger partial charge in [0.15, 0.2) is 5.69 Å². The summed E-state index contributed by atoms with van der Waals surface area (Å²) < 4.78 is 20.5. The molecular formula is C28H28ClFN4O3. The third kappa shape index (κ3) is 5.64. The van der Waals surface area contributed by atoms with E-state index in [0.29, 0.717) is 28.2 Å². The molecule has 0 spiro atoms. The van der Waals surface area contributed by atoms with E-state index >= 15 is 0 Å². The zero-order valence-corrected chi connectivity index (χ0v) is 22.3. The molecule has 37 heavy (non-hydrogen) atoms. The van der Waals surface area contributed by atoms with Crippen molar-refractivity contribution in [2.24, 2.45) is 0 Å². The number of esters is 1. The van der Waals surface area contributed by atoms with E-state index in [0.717, 1.165) is 11.1 Å². The first-order valence-electron chi connectivity index (χ1n) is 11.8. The fraction of sp³-hybridized carbons (Fsp3) is 0.286. The summed E-state index contributed by atoms with van der Waals surface area (Å²) in [5.74, 6) is -0.979. The van der Waals surface area contributed by atoms with E-state index in [9.17, 15) is 14.0 Å². The van der Waals surface area contributed by atoms with Gasteiger partial charge < -0.3 is 10.1 Å². The highest BCUT2D eigenvalue weighted by Crippen LogP contribution is 2.29. The number of benzene rings is 1. The number of nitrogens with one attached hydrogen (secondary N) is 1. The molecule has 0 aliphatic heterocycles. The number of nitrogens with zero attached hydrogens (tertiary/aromatic N) is 3. The average molecular weight is 523 g/mol. The van der Waals surface area contributed by atoms with Crippen molar-refractivity contribution in [2.45, 2.75) is 53.2 Å². The number of hydrogen-bond donors (Lipinski definition) is 1. The average Bonchev–Trinajstić information content (AvgIpc) is 2.82. The van der Waals surface area contributed by atoms with Crippen molar-refractivity contribution in [3.63, 3.8) is 0 Å². The SMILES string of the molecule is Cc1cc([C@@H](C)Nc2ccc(Cl)nc2C(=O)OC(C)(C)C)c2nc(-c3ccc(F)cc3)c(C)c(=O)n2c1. The maximum atomic E-state index is 13.5. The number of halogens is 2. The molecule has 0 aliphatic rings. The first-order chi connectivity index (χ1) is 17.3. The lowest BCUT2D eigenvalue weighted by Crippen LogP contribution is -2.25. The van der Waals surface area contributed by atoms with Crippen LogP contribution in [0.3, 0.4) is 0 Å². The van der Waals surface area contributed by atoms with E-state index in [-0.39, 0.29) is 22.2 Å². The molecule has 0 radical (unpaired) electrons. The highest BCUT2D eigenvalue weighted by molar-refractivity contribution is 6.29. The van der Waals surface area contributed by atoms with Gasteiger partial charge in [-0.15, -0.1) is 0 Å². The number of carbonyl (C=O) groups is 1. The van der Waals surface area contributed by atoms with Gasteiger partial charge in [0.1, 0.15) is 22.2 Å². The third-order valence-corrected chi connectivity index (χ3v) is 5.93. The van der Waals surface area contributed by atoms with Crippen LogP contribution >= 0.6 is 11.6 Å². The van der Waals surface area contributed by atoms with Crippen LogP contribution in [0, 0.1) is 19.7 Å². The minimum absolute atomic E-state index is 0.0548. The monoisotopic (exact) mass is 522 g/mol. The molecule has 0 fully saturated rings. The Kier molecular flexibility index (Phi) is 7.06. The molecule has 0 unspecified atom stereocenters. The van der Waals surface area contributed by atoms with E-state index in [1.165, 1.54) is 16.5 Å². The topological polar surface area (TPSA) is 85.6 Å². The smallest absolute Gasteiger partial charge is 0.359 e. The molecule has 4 rings (SSSR count). The largest absolute Gasteiger partial charge is 0.455 e. The molecule has 4 aromatic rings. The molecule has 0 aliphatic carbocycles. The van der Waals surface area contributed by atoms with Crippen LogP contribution in [-0.2, 0) is 4.74 Å². The van der Waals surface area contributed by atoms with Crippen molar-refractivity contribution in [2.75, 3.05) is 5.32 Å². The molecule has 0 amide bonds. The Morgan fingerprint density at radius 1 is 1.11 bits per heavy atom. The lowest BCUT2D eigenvalue weighted by molar-refractivity contribution is 0.00640. The lowest BCUT2D eigenvalue weighted by atomic mass is 10.0. The van der Waals surface area contributed by atoms with Gasteiger partial charge in [-0.2, -0.15) is 0 Å². The van der Waals surface area contributed by atoms with Gasteiger partial charge in [-0.3, -0.25) is 9.20 Å². The minimum Gasteiger partial charge on any atom is -0.455 e. The molecular weight excluding hydrogens is 495 g/mol. The van der Waals surface area contributed by atoms with E-state index < -0.39 is 17.6 Å². The van der Waals surface area contributed by atoms with Crippen LogP contribution < -0.4 is 10.9 Å². The molecule has 1 N–H and O–H groups in total. The zero-order valence-electron chi connectivity index (χ0n) is 21.5. The Bertz CT molecular complexity index is 1560. The normalized spacial score (nSPS) is 12.4. The van der Waals surface area contributed by atoms with Gasteiger partial charge in [0.05, 0.1) is 17.4 Å². The summed E-state index contributed by atoms with van der Waals surface area (Å²) in [6.07, 6.45) is 1.73. The van der Waals surface area contributed by atoms with Crippen molar-refractivity contribution in [1.82, 2.24) is 14.4 Å². The summed E-state index contributed by atoms with van der Waals surface area (Å²) in [4.78, 5) is 35.2. The van der Waals surface area contributed by atoms with E-state index in [1.54, 1.807) is 58.2 Å². The number of anilines is 1. The third-order valence-electron chi connectivity index (χ3n) is 5.72. The molecule has 0 saturated carbocycles. The fourth-order valence-corrected chi connectivity index (χ4v) is 4.20. The van der Waals surface area contributed by atoms with E-state index in [1.807, 2.05) is 19.9 Å². The van der Waals surface area contributed by atoms with Crippen LogP contribution in [0.25, 0.3) is 16.9 Å². The predicted molar refractivity (Wildman–Crippen MR) is 143 cm³/mol. The number of aromatic nitrogens is 3. The Morgan fingerprint density at radius 2 is 1.78 bits per heavy atom. The van der Waals surface area contributed by atoms with Crippen LogP contribution in [0.2, 0.25) is 5.15 Å². The summed E-state index contributed by atoms with van der Waals surface area (Å²) in [6, 6.07) is 10.7. The highest BCUT2D eigenvalue weighted by atomic mass is 35.5. The van der Waals surface area contributed by atoms with Gasteiger partial charge in [-0.1, -0.05) is 11.6 Å². The van der Waals surface area contributed by atoms with Gasteiger partial charge >= 0.3 is 5.97 Å². The number of hydrogen-bond acceptors (Lipinski definition) is 6. The van der Waals surface area contributed by atoms with Gasteiger partial charge in [0.25, 0.3) is 5.56 Å². The summed E-state index contributed by atoms with van der Waals surface area (Å²) in [5.41, 5.74) is 3.15. The number of ether oxygens (including phenoxy) is 1. The number of pyridine rings is 2. The predicted octanol–water partition coefficient (Wildman–Crippen LogP) is 6.29. The first kappa shape index (κ1) is 26.3. The summed E-state index contributed by atoms with van der Waals surface area (Å²) in [7, 11) is 0. The van der Waals surface area contributed by atoms with Gasteiger partial charge in [-0.05, 0) is 89.6 Å². The minimum atomic E-state index is -0.712. The lowest BCUT2D eigenvalue weighted by Gasteiger charge is -2.22. The number of aryl methyl sites for hydroxylation is 1. The standard InChI is InChI=1S/C28H28ClFN4O3/c1-15-13-20(17(3)31-21-11-12-22(29)32-24(21)27(36)37-28(4,5)6)25-33-23(16(2)26(35)34(25)14-15)18-7-9-19(30)10-8-18/h7-14,17,31H,1-6H3/t17-/m1/s1. The molecule has 1 aromatic carbocycles. The molecule has 192 valence electrons. The Hall–Kier alpha value is -3.78. The van der Waals surface area contributed by atoms with Crippen molar-refractivity contribution in [3.8, 4) is 11.3 Å². The molecule has 1 atom stereocenters.